The summed E-state index contributed by atoms with van der Waals surface area (Å²) in [6.45, 7) is 2.72. The van der Waals surface area contributed by atoms with Gasteiger partial charge >= 0.3 is 0 Å². The van der Waals surface area contributed by atoms with Crippen LogP contribution in [0.4, 0.5) is 5.69 Å². The highest BCUT2D eigenvalue weighted by molar-refractivity contribution is 7.92. The summed E-state index contributed by atoms with van der Waals surface area (Å²) in [5, 5.41) is 0.757. The molecule has 0 aliphatic heterocycles. The zero-order valence-electron chi connectivity index (χ0n) is 14.0. The summed E-state index contributed by atoms with van der Waals surface area (Å²) in [6, 6.07) is 15.4. The zero-order valence-corrected chi connectivity index (χ0v) is 14.8. The summed E-state index contributed by atoms with van der Waals surface area (Å²) in [4.78, 5) is 4.43. The first kappa shape index (κ1) is 17.2. The first-order valence-electron chi connectivity index (χ1n) is 8.19. The van der Waals surface area contributed by atoms with E-state index in [4.69, 9.17) is 4.74 Å². The highest BCUT2D eigenvalue weighted by atomic mass is 32.2. The Labute approximate surface area is 147 Å². The third-order valence-corrected chi connectivity index (χ3v) is 5.17. The Morgan fingerprint density at radius 1 is 1.04 bits per heavy atom. The number of aromatic nitrogens is 1. The molecule has 0 aliphatic carbocycles. The van der Waals surface area contributed by atoms with Crippen LogP contribution in [0.1, 0.15) is 19.8 Å². The lowest BCUT2D eigenvalue weighted by atomic mass is 10.2. The van der Waals surface area contributed by atoms with Crippen LogP contribution in [0.5, 0.6) is 5.75 Å². The van der Waals surface area contributed by atoms with Gasteiger partial charge in [-0.05, 0) is 55.0 Å². The minimum atomic E-state index is -3.68. The number of sulfonamides is 1. The second-order valence-corrected chi connectivity index (χ2v) is 7.34. The molecule has 25 heavy (non-hydrogen) atoms. The van der Waals surface area contributed by atoms with Crippen molar-refractivity contribution in [3.63, 3.8) is 0 Å². The quantitative estimate of drug-likeness (QED) is 0.644. The molecule has 0 radical (unpaired) electrons. The predicted molar refractivity (Wildman–Crippen MR) is 99.4 cm³/mol. The molecule has 0 bridgehead atoms. The third kappa shape index (κ3) is 4.09. The number of benzene rings is 2. The van der Waals surface area contributed by atoms with E-state index < -0.39 is 10.0 Å². The van der Waals surface area contributed by atoms with Crippen LogP contribution in [-0.2, 0) is 10.0 Å². The fourth-order valence-corrected chi connectivity index (χ4v) is 3.53. The van der Waals surface area contributed by atoms with E-state index in [-0.39, 0.29) is 4.90 Å². The van der Waals surface area contributed by atoms with Crippen molar-refractivity contribution in [1.29, 1.82) is 0 Å². The Hall–Kier alpha value is -2.60. The van der Waals surface area contributed by atoms with Crippen LogP contribution in [0.3, 0.4) is 0 Å². The van der Waals surface area contributed by atoms with Crippen molar-refractivity contribution in [2.75, 3.05) is 11.3 Å². The molecular formula is C19H20N2O3S. The van der Waals surface area contributed by atoms with Crippen LogP contribution in [0.25, 0.3) is 10.9 Å². The topological polar surface area (TPSA) is 68.3 Å². The second-order valence-electron chi connectivity index (χ2n) is 5.65. The first-order valence-corrected chi connectivity index (χ1v) is 9.68. The maximum absolute atomic E-state index is 12.6. The number of nitrogens with one attached hydrogen (secondary N) is 1. The summed E-state index contributed by atoms with van der Waals surface area (Å²) in [5.41, 5.74) is 1.25. The molecule has 1 aromatic heterocycles. The minimum Gasteiger partial charge on any atom is -0.494 e. The highest BCUT2D eigenvalue weighted by Gasteiger charge is 2.15. The Morgan fingerprint density at radius 3 is 2.60 bits per heavy atom. The standard InChI is InChI=1S/C19H20N2O3S/c1-2-3-14-24-15-9-11-16(12-10-15)25(22,23)21-19-8-4-7-18-17(19)6-5-13-20-18/h4-13,21H,2-3,14H2,1H3. The Morgan fingerprint density at radius 2 is 1.84 bits per heavy atom. The average molecular weight is 356 g/mol. The summed E-state index contributed by atoms with van der Waals surface area (Å²) < 4.78 is 33.5. The molecule has 0 unspecified atom stereocenters. The molecule has 3 rings (SSSR count). The van der Waals surface area contributed by atoms with Crippen LogP contribution in [0.2, 0.25) is 0 Å². The number of anilines is 1. The second kappa shape index (κ2) is 7.53. The van der Waals surface area contributed by atoms with Gasteiger partial charge in [-0.3, -0.25) is 9.71 Å². The predicted octanol–water partition coefficient (Wildman–Crippen LogP) is 4.21. The molecule has 0 atom stereocenters. The van der Waals surface area contributed by atoms with E-state index >= 15 is 0 Å². The van der Waals surface area contributed by atoms with Gasteiger partial charge in [-0.15, -0.1) is 0 Å². The van der Waals surface area contributed by atoms with Crippen LogP contribution in [-0.4, -0.2) is 20.0 Å². The molecule has 2 aromatic carbocycles. The van der Waals surface area contributed by atoms with Gasteiger partial charge in [0.1, 0.15) is 5.75 Å². The van der Waals surface area contributed by atoms with Gasteiger partial charge in [0.25, 0.3) is 10.0 Å². The van der Waals surface area contributed by atoms with Crippen LogP contribution >= 0.6 is 0 Å². The number of pyridine rings is 1. The van der Waals surface area contributed by atoms with E-state index in [0.29, 0.717) is 18.0 Å². The van der Waals surface area contributed by atoms with Crippen molar-refractivity contribution < 1.29 is 13.2 Å². The van der Waals surface area contributed by atoms with Gasteiger partial charge in [0.2, 0.25) is 0 Å². The number of hydrogen-bond donors (Lipinski definition) is 1. The molecule has 0 amide bonds. The number of unbranched alkanes of at least 4 members (excludes halogenated alkanes) is 1. The summed E-state index contributed by atoms with van der Waals surface area (Å²) in [7, 11) is -3.68. The average Bonchev–Trinajstić information content (AvgIpc) is 2.62. The van der Waals surface area contributed by atoms with Crippen molar-refractivity contribution in [1.82, 2.24) is 4.98 Å². The van der Waals surface area contributed by atoms with Crippen molar-refractivity contribution in [3.8, 4) is 5.75 Å². The zero-order chi connectivity index (χ0) is 17.7. The van der Waals surface area contributed by atoms with Crippen molar-refractivity contribution in [3.05, 3.63) is 60.8 Å². The van der Waals surface area contributed by atoms with Gasteiger partial charge in [-0.1, -0.05) is 19.4 Å². The number of rotatable bonds is 7. The fourth-order valence-electron chi connectivity index (χ4n) is 2.45. The molecule has 1 N–H and O–H groups in total. The summed E-state index contributed by atoms with van der Waals surface area (Å²) >= 11 is 0. The van der Waals surface area contributed by atoms with E-state index in [1.54, 1.807) is 48.7 Å². The maximum atomic E-state index is 12.6. The SMILES string of the molecule is CCCCOc1ccc(S(=O)(=O)Nc2cccc3ncccc23)cc1. The monoisotopic (exact) mass is 356 g/mol. The van der Waals surface area contributed by atoms with Gasteiger partial charge in [0, 0.05) is 11.6 Å². The van der Waals surface area contributed by atoms with Crippen LogP contribution in [0.15, 0.2) is 65.7 Å². The molecule has 130 valence electrons. The van der Waals surface area contributed by atoms with Gasteiger partial charge in [-0.2, -0.15) is 0 Å². The number of hydrogen-bond acceptors (Lipinski definition) is 4. The van der Waals surface area contributed by atoms with Gasteiger partial charge in [-0.25, -0.2) is 8.42 Å². The lowest BCUT2D eigenvalue weighted by Gasteiger charge is -2.11. The third-order valence-electron chi connectivity index (χ3n) is 3.79. The molecule has 1 heterocycles. The molecule has 0 spiro atoms. The molecule has 0 fully saturated rings. The largest absolute Gasteiger partial charge is 0.494 e. The van der Waals surface area contributed by atoms with E-state index in [9.17, 15) is 8.42 Å². The smallest absolute Gasteiger partial charge is 0.261 e. The molecule has 6 heteroatoms. The van der Waals surface area contributed by atoms with E-state index in [2.05, 4.69) is 16.6 Å². The van der Waals surface area contributed by atoms with E-state index in [1.165, 1.54) is 0 Å². The Kier molecular flexibility index (Phi) is 5.19. The fraction of sp³-hybridized carbons (Fsp3) is 0.211. The summed E-state index contributed by atoms with van der Waals surface area (Å²) in [6.07, 6.45) is 3.70. The molecule has 0 saturated heterocycles. The maximum Gasteiger partial charge on any atom is 0.261 e. The molecule has 0 aliphatic rings. The molecule has 3 aromatic rings. The molecule has 5 nitrogen and oxygen atoms in total. The van der Waals surface area contributed by atoms with Crippen molar-refractivity contribution in [2.24, 2.45) is 0 Å². The van der Waals surface area contributed by atoms with Crippen LogP contribution < -0.4 is 9.46 Å². The minimum absolute atomic E-state index is 0.191. The van der Waals surface area contributed by atoms with Gasteiger partial charge in [0.05, 0.1) is 22.7 Å². The van der Waals surface area contributed by atoms with E-state index in [0.717, 1.165) is 23.7 Å². The van der Waals surface area contributed by atoms with E-state index in [1.807, 2.05) is 12.1 Å². The Bertz CT molecular complexity index is 949. The first-order chi connectivity index (χ1) is 12.1. The number of ether oxygens (including phenoxy) is 1. The normalized spacial score (nSPS) is 11.4. The van der Waals surface area contributed by atoms with Crippen LogP contribution in [0, 0.1) is 0 Å². The van der Waals surface area contributed by atoms with Crippen molar-refractivity contribution in [2.45, 2.75) is 24.7 Å². The van der Waals surface area contributed by atoms with Gasteiger partial charge in [0.15, 0.2) is 0 Å². The number of fused-ring (bicyclic) bond motifs is 1. The molecular weight excluding hydrogens is 336 g/mol. The lowest BCUT2D eigenvalue weighted by Crippen LogP contribution is -2.13. The van der Waals surface area contributed by atoms with Crippen molar-refractivity contribution >= 4 is 26.6 Å². The molecule has 0 saturated carbocycles. The summed E-state index contributed by atoms with van der Waals surface area (Å²) in [5.74, 6) is 0.668. The highest BCUT2D eigenvalue weighted by Crippen LogP contribution is 2.25. The number of nitrogens with zero attached hydrogens (tertiary/aromatic N) is 1. The Balaban J connectivity index is 1.81. The van der Waals surface area contributed by atoms with Gasteiger partial charge < -0.3 is 4.74 Å². The lowest BCUT2D eigenvalue weighted by molar-refractivity contribution is 0.309.